The number of hydrogen-bond donors (Lipinski definition) is 0. The quantitative estimate of drug-likeness (QED) is 0.435. The van der Waals surface area contributed by atoms with Gasteiger partial charge in [0.1, 0.15) is 0 Å². The lowest BCUT2D eigenvalue weighted by Crippen LogP contribution is -1.92. The molecule has 1 aromatic carbocycles. The molecule has 1 atom stereocenters. The van der Waals surface area contributed by atoms with Crippen LogP contribution in [0.3, 0.4) is 0 Å². The van der Waals surface area contributed by atoms with E-state index in [0.717, 1.165) is 9.99 Å². The van der Waals surface area contributed by atoms with Crippen molar-refractivity contribution < 1.29 is 0 Å². The van der Waals surface area contributed by atoms with Crippen molar-refractivity contribution in [3.05, 3.63) is 47.3 Å². The second-order valence-electron chi connectivity index (χ2n) is 2.21. The molecule has 0 bridgehead atoms. The van der Waals surface area contributed by atoms with Crippen LogP contribution < -0.4 is 0 Å². The molecule has 56 valence electrons. The fourth-order valence-corrected chi connectivity index (χ4v) is 1.58. The number of halogens is 1. The fourth-order valence-electron chi connectivity index (χ4n) is 0.873. The van der Waals surface area contributed by atoms with E-state index in [1.54, 1.807) is 0 Å². The van der Waals surface area contributed by atoms with E-state index in [2.05, 4.69) is 27.4 Å². The standard InChI is InChI=1S/C9H8IN/c1-11-9(7-10)8-5-3-2-4-6-8/h2-6,9H,7H2. The molecule has 2 heteroatoms. The van der Waals surface area contributed by atoms with Crippen LogP contribution in [0.15, 0.2) is 30.3 Å². The summed E-state index contributed by atoms with van der Waals surface area (Å²) in [6.45, 7) is 6.92. The van der Waals surface area contributed by atoms with E-state index in [-0.39, 0.29) is 6.04 Å². The number of nitrogens with zero attached hydrogens (tertiary/aromatic N) is 1. The molecule has 11 heavy (non-hydrogen) atoms. The Labute approximate surface area is 80.4 Å². The van der Waals surface area contributed by atoms with Crippen molar-refractivity contribution in [2.24, 2.45) is 0 Å². The highest BCUT2D eigenvalue weighted by Crippen LogP contribution is 2.18. The van der Waals surface area contributed by atoms with E-state index in [1.165, 1.54) is 0 Å². The maximum Gasteiger partial charge on any atom is 0.257 e. The molecule has 0 saturated heterocycles. The first-order valence-electron chi connectivity index (χ1n) is 3.36. The Kier molecular flexibility index (Phi) is 3.37. The van der Waals surface area contributed by atoms with Gasteiger partial charge in [-0.3, -0.25) is 0 Å². The largest absolute Gasteiger partial charge is 0.308 e. The van der Waals surface area contributed by atoms with Crippen LogP contribution >= 0.6 is 22.6 Å². The summed E-state index contributed by atoms with van der Waals surface area (Å²) in [5, 5.41) is 0. The Morgan fingerprint density at radius 3 is 2.45 bits per heavy atom. The zero-order valence-electron chi connectivity index (χ0n) is 6.00. The van der Waals surface area contributed by atoms with E-state index in [1.807, 2.05) is 30.3 Å². The highest BCUT2D eigenvalue weighted by atomic mass is 127. The van der Waals surface area contributed by atoms with Gasteiger partial charge in [-0.25, -0.2) is 6.57 Å². The van der Waals surface area contributed by atoms with Gasteiger partial charge in [-0.2, -0.15) is 0 Å². The molecular weight excluding hydrogens is 249 g/mol. The van der Waals surface area contributed by atoms with Crippen molar-refractivity contribution in [1.29, 1.82) is 0 Å². The molecule has 0 saturated carbocycles. The monoisotopic (exact) mass is 257 g/mol. The molecule has 0 spiro atoms. The van der Waals surface area contributed by atoms with Gasteiger partial charge in [-0.15, -0.1) is 0 Å². The van der Waals surface area contributed by atoms with Gasteiger partial charge >= 0.3 is 0 Å². The Morgan fingerprint density at radius 1 is 1.36 bits per heavy atom. The van der Waals surface area contributed by atoms with Gasteiger partial charge < -0.3 is 4.85 Å². The van der Waals surface area contributed by atoms with Crippen molar-refractivity contribution in [3.8, 4) is 0 Å². The minimum atomic E-state index is 0.0387. The first kappa shape index (κ1) is 8.54. The summed E-state index contributed by atoms with van der Waals surface area (Å²) in [6, 6.07) is 9.96. The molecule has 1 nitrogen and oxygen atoms in total. The summed E-state index contributed by atoms with van der Waals surface area (Å²) in [4.78, 5) is 3.52. The average molecular weight is 257 g/mol. The molecule has 0 N–H and O–H groups in total. The summed E-state index contributed by atoms with van der Waals surface area (Å²) >= 11 is 2.24. The van der Waals surface area contributed by atoms with Crippen LogP contribution in [-0.4, -0.2) is 4.43 Å². The van der Waals surface area contributed by atoms with Crippen LogP contribution in [0.2, 0.25) is 0 Å². The third-order valence-electron chi connectivity index (χ3n) is 1.49. The predicted octanol–water partition coefficient (Wildman–Crippen LogP) is 3.08. The van der Waals surface area contributed by atoms with E-state index >= 15 is 0 Å². The SMILES string of the molecule is [C-]#[N+]C(CI)c1ccccc1. The van der Waals surface area contributed by atoms with Crippen molar-refractivity contribution in [1.82, 2.24) is 0 Å². The Bertz CT molecular complexity index is 250. The summed E-state index contributed by atoms with van der Waals surface area (Å²) in [7, 11) is 0. The van der Waals surface area contributed by atoms with Crippen molar-refractivity contribution in [3.63, 3.8) is 0 Å². The molecule has 0 aliphatic carbocycles. The van der Waals surface area contributed by atoms with Crippen LogP contribution in [0.5, 0.6) is 0 Å². The lowest BCUT2D eigenvalue weighted by atomic mass is 10.1. The first-order valence-corrected chi connectivity index (χ1v) is 4.88. The molecule has 0 fully saturated rings. The lowest BCUT2D eigenvalue weighted by Gasteiger charge is -1.99. The third kappa shape index (κ3) is 2.19. The third-order valence-corrected chi connectivity index (χ3v) is 2.32. The lowest BCUT2D eigenvalue weighted by molar-refractivity contribution is 0.995. The van der Waals surface area contributed by atoms with E-state index in [9.17, 15) is 0 Å². The zero-order valence-corrected chi connectivity index (χ0v) is 8.15. The minimum absolute atomic E-state index is 0.0387. The second-order valence-corrected chi connectivity index (χ2v) is 3.09. The molecule has 0 aromatic heterocycles. The molecule has 0 aliphatic rings. The summed E-state index contributed by atoms with van der Waals surface area (Å²) in [5.41, 5.74) is 1.12. The van der Waals surface area contributed by atoms with Crippen LogP contribution in [0.1, 0.15) is 11.6 Å². The van der Waals surface area contributed by atoms with Gasteiger partial charge in [0.2, 0.25) is 0 Å². The Morgan fingerprint density at radius 2 is 2.00 bits per heavy atom. The van der Waals surface area contributed by atoms with E-state index < -0.39 is 0 Å². The summed E-state index contributed by atoms with van der Waals surface area (Å²) in [6.07, 6.45) is 0. The molecule has 0 heterocycles. The summed E-state index contributed by atoms with van der Waals surface area (Å²) < 4.78 is 0.866. The molecule has 0 radical (unpaired) electrons. The fraction of sp³-hybridized carbons (Fsp3) is 0.222. The van der Waals surface area contributed by atoms with E-state index in [4.69, 9.17) is 6.57 Å². The van der Waals surface area contributed by atoms with Crippen molar-refractivity contribution >= 4 is 22.6 Å². The average Bonchev–Trinajstić information content (AvgIpc) is 2.09. The normalized spacial score (nSPS) is 12.0. The Balaban J connectivity index is 2.85. The number of rotatable bonds is 2. The first-order chi connectivity index (χ1) is 5.38. The number of alkyl halides is 1. The maximum absolute atomic E-state index is 6.92. The minimum Gasteiger partial charge on any atom is -0.308 e. The smallest absolute Gasteiger partial charge is 0.257 e. The molecule has 1 aromatic rings. The van der Waals surface area contributed by atoms with Gasteiger partial charge in [0.05, 0.1) is 4.43 Å². The topological polar surface area (TPSA) is 4.36 Å². The van der Waals surface area contributed by atoms with Crippen LogP contribution in [0.25, 0.3) is 4.85 Å². The predicted molar refractivity (Wildman–Crippen MR) is 54.7 cm³/mol. The van der Waals surface area contributed by atoms with Crippen LogP contribution in [0.4, 0.5) is 0 Å². The van der Waals surface area contributed by atoms with Gasteiger partial charge in [-0.05, 0) is 0 Å². The van der Waals surface area contributed by atoms with Gasteiger partial charge in [0.15, 0.2) is 0 Å². The number of benzene rings is 1. The van der Waals surface area contributed by atoms with Gasteiger partial charge in [0.25, 0.3) is 6.04 Å². The van der Waals surface area contributed by atoms with E-state index in [0.29, 0.717) is 0 Å². The Hall–Kier alpha value is -0.560. The van der Waals surface area contributed by atoms with Crippen LogP contribution in [-0.2, 0) is 0 Å². The molecule has 0 aliphatic heterocycles. The van der Waals surface area contributed by atoms with Gasteiger partial charge in [0, 0.05) is 5.56 Å². The van der Waals surface area contributed by atoms with Crippen LogP contribution in [0, 0.1) is 6.57 Å². The molecule has 1 rings (SSSR count). The highest BCUT2D eigenvalue weighted by molar-refractivity contribution is 14.1. The molecule has 1 unspecified atom stereocenters. The zero-order chi connectivity index (χ0) is 8.10. The molecule has 0 amide bonds. The molecular formula is C9H8IN. The van der Waals surface area contributed by atoms with Gasteiger partial charge in [-0.1, -0.05) is 52.9 Å². The second kappa shape index (κ2) is 4.35. The number of hydrogen-bond acceptors (Lipinski definition) is 0. The maximum atomic E-state index is 6.92. The summed E-state index contributed by atoms with van der Waals surface area (Å²) in [5.74, 6) is 0. The highest BCUT2D eigenvalue weighted by Gasteiger charge is 2.11. The van der Waals surface area contributed by atoms with Crippen molar-refractivity contribution in [2.75, 3.05) is 4.43 Å². The van der Waals surface area contributed by atoms with Crippen molar-refractivity contribution in [2.45, 2.75) is 6.04 Å².